The van der Waals surface area contributed by atoms with E-state index in [0.29, 0.717) is 5.02 Å². The third-order valence-corrected chi connectivity index (χ3v) is 4.81. The fraction of sp³-hybridized carbons (Fsp3) is 0.154. The SMILES string of the molecule is Cc1cc(F)c(N)c(C)c1S(=O)(=O)Nc1ccc(Cl)cn1. The molecular weight excluding hydrogens is 317 g/mol. The Balaban J connectivity index is 2.50. The molecule has 3 N–H and O–H groups in total. The molecule has 1 aromatic heterocycles. The van der Waals surface area contributed by atoms with Gasteiger partial charge in [0.05, 0.1) is 15.6 Å². The first kappa shape index (κ1) is 15.5. The minimum absolute atomic E-state index is 0.0573. The van der Waals surface area contributed by atoms with Crippen molar-refractivity contribution in [3.8, 4) is 0 Å². The molecule has 0 atom stereocenters. The van der Waals surface area contributed by atoms with Crippen LogP contribution in [0.2, 0.25) is 5.02 Å². The van der Waals surface area contributed by atoms with Gasteiger partial charge in [0, 0.05) is 6.20 Å². The average Bonchev–Trinajstić information content (AvgIpc) is 2.38. The summed E-state index contributed by atoms with van der Waals surface area (Å²) in [6, 6.07) is 4.02. The van der Waals surface area contributed by atoms with E-state index in [9.17, 15) is 12.8 Å². The normalized spacial score (nSPS) is 11.4. The molecule has 1 heterocycles. The Hall–Kier alpha value is -1.86. The number of anilines is 2. The Kier molecular flexibility index (Phi) is 4.06. The van der Waals surface area contributed by atoms with Crippen molar-refractivity contribution >= 4 is 33.1 Å². The number of pyridine rings is 1. The molecule has 1 aromatic carbocycles. The highest BCUT2D eigenvalue weighted by Gasteiger charge is 2.23. The van der Waals surface area contributed by atoms with E-state index < -0.39 is 15.8 Å². The maximum atomic E-state index is 13.5. The summed E-state index contributed by atoms with van der Waals surface area (Å²) in [5, 5.41) is 0.385. The standard InChI is InChI=1S/C13H13ClFN3O2S/c1-7-5-10(15)12(16)8(2)13(7)21(19,20)18-11-4-3-9(14)6-17-11/h3-6H,16H2,1-2H3,(H,17,18). The number of hydrogen-bond acceptors (Lipinski definition) is 4. The second kappa shape index (κ2) is 5.50. The van der Waals surface area contributed by atoms with Crippen LogP contribution in [0.25, 0.3) is 0 Å². The highest BCUT2D eigenvalue weighted by Crippen LogP contribution is 2.28. The third-order valence-electron chi connectivity index (χ3n) is 2.94. The maximum absolute atomic E-state index is 13.5. The molecule has 5 nitrogen and oxygen atoms in total. The van der Waals surface area contributed by atoms with Crippen molar-refractivity contribution in [2.24, 2.45) is 0 Å². The quantitative estimate of drug-likeness (QED) is 0.848. The van der Waals surface area contributed by atoms with Gasteiger partial charge in [-0.15, -0.1) is 0 Å². The number of rotatable bonds is 3. The zero-order valence-corrected chi connectivity index (χ0v) is 12.9. The van der Waals surface area contributed by atoms with Gasteiger partial charge in [0.25, 0.3) is 10.0 Å². The van der Waals surface area contributed by atoms with Crippen LogP contribution in [0.1, 0.15) is 11.1 Å². The maximum Gasteiger partial charge on any atom is 0.263 e. The summed E-state index contributed by atoms with van der Waals surface area (Å²) in [7, 11) is -3.93. The van der Waals surface area contributed by atoms with E-state index in [1.165, 1.54) is 32.2 Å². The van der Waals surface area contributed by atoms with Crippen molar-refractivity contribution in [3.05, 3.63) is 46.4 Å². The Morgan fingerprint density at radius 1 is 1.33 bits per heavy atom. The predicted molar refractivity (Wildman–Crippen MR) is 80.3 cm³/mol. The lowest BCUT2D eigenvalue weighted by Gasteiger charge is -2.14. The average molecular weight is 330 g/mol. The summed E-state index contributed by atoms with van der Waals surface area (Å²) in [5.41, 5.74) is 5.80. The van der Waals surface area contributed by atoms with Gasteiger partial charge in [0.1, 0.15) is 11.6 Å². The number of nitrogens with zero attached hydrogens (tertiary/aromatic N) is 1. The number of sulfonamides is 1. The van der Waals surface area contributed by atoms with Gasteiger partial charge in [-0.25, -0.2) is 17.8 Å². The summed E-state index contributed by atoms with van der Waals surface area (Å²) < 4.78 is 40.7. The fourth-order valence-electron chi connectivity index (χ4n) is 1.97. The predicted octanol–water partition coefficient (Wildman–Crippen LogP) is 2.87. The van der Waals surface area contributed by atoms with Gasteiger partial charge in [0.2, 0.25) is 0 Å². The van der Waals surface area contributed by atoms with Crippen LogP contribution in [-0.4, -0.2) is 13.4 Å². The number of aromatic nitrogens is 1. The minimum atomic E-state index is -3.93. The molecule has 8 heteroatoms. The van der Waals surface area contributed by atoms with Crippen molar-refractivity contribution in [2.75, 3.05) is 10.5 Å². The Morgan fingerprint density at radius 3 is 2.57 bits per heavy atom. The van der Waals surface area contributed by atoms with E-state index in [4.69, 9.17) is 17.3 Å². The summed E-state index contributed by atoms with van der Waals surface area (Å²) in [4.78, 5) is 3.80. The highest BCUT2D eigenvalue weighted by molar-refractivity contribution is 7.92. The molecule has 0 unspecified atom stereocenters. The van der Waals surface area contributed by atoms with Crippen molar-refractivity contribution in [3.63, 3.8) is 0 Å². The zero-order chi connectivity index (χ0) is 15.8. The van der Waals surface area contributed by atoms with E-state index in [0.717, 1.165) is 6.07 Å². The van der Waals surface area contributed by atoms with Gasteiger partial charge in [-0.3, -0.25) is 4.72 Å². The molecule has 0 aliphatic carbocycles. The van der Waals surface area contributed by atoms with Crippen LogP contribution < -0.4 is 10.5 Å². The van der Waals surface area contributed by atoms with E-state index in [-0.39, 0.29) is 27.5 Å². The number of aryl methyl sites for hydroxylation is 1. The molecule has 0 spiro atoms. The van der Waals surface area contributed by atoms with E-state index >= 15 is 0 Å². The molecule has 0 aliphatic rings. The molecule has 0 radical (unpaired) electrons. The molecule has 0 amide bonds. The summed E-state index contributed by atoms with van der Waals surface area (Å²) in [6.45, 7) is 2.95. The van der Waals surface area contributed by atoms with Crippen LogP contribution in [0, 0.1) is 19.7 Å². The Morgan fingerprint density at radius 2 is 2.00 bits per heavy atom. The van der Waals surface area contributed by atoms with Crippen LogP contribution in [0.15, 0.2) is 29.3 Å². The second-order valence-corrected chi connectivity index (χ2v) is 6.57. The van der Waals surface area contributed by atoms with Gasteiger partial charge < -0.3 is 5.73 Å². The topological polar surface area (TPSA) is 85.1 Å². The van der Waals surface area contributed by atoms with Gasteiger partial charge in [-0.05, 0) is 43.2 Å². The molecule has 0 fully saturated rings. The molecule has 112 valence electrons. The van der Waals surface area contributed by atoms with E-state index in [1.807, 2.05) is 0 Å². The van der Waals surface area contributed by atoms with Crippen molar-refractivity contribution in [1.82, 2.24) is 4.98 Å². The first-order chi connectivity index (χ1) is 9.72. The number of nitrogen functional groups attached to an aromatic ring is 1. The third kappa shape index (κ3) is 3.08. The molecule has 0 saturated heterocycles. The van der Waals surface area contributed by atoms with Crippen molar-refractivity contribution < 1.29 is 12.8 Å². The number of benzene rings is 1. The first-order valence-corrected chi connectivity index (χ1v) is 7.78. The molecule has 0 bridgehead atoms. The lowest BCUT2D eigenvalue weighted by molar-refractivity contribution is 0.598. The van der Waals surface area contributed by atoms with E-state index in [1.54, 1.807) is 0 Å². The Bertz CT molecular complexity index is 792. The smallest absolute Gasteiger partial charge is 0.263 e. The monoisotopic (exact) mass is 329 g/mol. The van der Waals surface area contributed by atoms with Gasteiger partial charge >= 0.3 is 0 Å². The Labute approximate surface area is 127 Å². The fourth-order valence-corrected chi connectivity index (χ4v) is 3.57. The molecular formula is C13H13ClFN3O2S. The van der Waals surface area contributed by atoms with Gasteiger partial charge in [0.15, 0.2) is 0 Å². The van der Waals surface area contributed by atoms with E-state index in [2.05, 4.69) is 9.71 Å². The number of nitrogens with two attached hydrogens (primary N) is 1. The van der Waals surface area contributed by atoms with Gasteiger partial charge in [-0.2, -0.15) is 0 Å². The first-order valence-electron chi connectivity index (χ1n) is 5.92. The molecule has 21 heavy (non-hydrogen) atoms. The lowest BCUT2D eigenvalue weighted by atomic mass is 10.1. The van der Waals surface area contributed by atoms with Crippen molar-refractivity contribution in [2.45, 2.75) is 18.7 Å². The number of halogens is 2. The molecule has 0 saturated carbocycles. The summed E-state index contributed by atoms with van der Waals surface area (Å²) in [6.07, 6.45) is 1.32. The summed E-state index contributed by atoms with van der Waals surface area (Å²) in [5.74, 6) is -0.533. The van der Waals surface area contributed by atoms with Gasteiger partial charge in [-0.1, -0.05) is 11.6 Å². The molecule has 0 aliphatic heterocycles. The molecule has 2 rings (SSSR count). The van der Waals surface area contributed by atoms with Crippen LogP contribution in [0.4, 0.5) is 15.9 Å². The zero-order valence-electron chi connectivity index (χ0n) is 11.3. The minimum Gasteiger partial charge on any atom is -0.396 e. The lowest BCUT2D eigenvalue weighted by Crippen LogP contribution is -2.17. The largest absolute Gasteiger partial charge is 0.396 e. The van der Waals surface area contributed by atoms with Crippen molar-refractivity contribution in [1.29, 1.82) is 0 Å². The highest BCUT2D eigenvalue weighted by atomic mass is 35.5. The number of nitrogens with one attached hydrogen (secondary N) is 1. The number of hydrogen-bond donors (Lipinski definition) is 2. The second-order valence-electron chi connectivity index (χ2n) is 4.51. The summed E-state index contributed by atoms with van der Waals surface area (Å²) >= 11 is 5.69. The van der Waals surface area contributed by atoms with Crippen LogP contribution in [0.5, 0.6) is 0 Å². The molecule has 2 aromatic rings. The van der Waals surface area contributed by atoms with Crippen LogP contribution >= 0.6 is 11.6 Å². The van der Waals surface area contributed by atoms with Crippen LogP contribution in [-0.2, 0) is 10.0 Å². The van der Waals surface area contributed by atoms with Crippen LogP contribution in [0.3, 0.4) is 0 Å².